The molecular weight excluding hydrogens is 306 g/mol. The molecule has 1 aromatic carbocycles. The third-order valence-corrected chi connectivity index (χ3v) is 4.18. The molecule has 0 saturated carbocycles. The van der Waals surface area contributed by atoms with Crippen molar-refractivity contribution in [2.75, 3.05) is 18.7 Å². The number of anilines is 1. The number of carbonyl (C=O) groups is 1. The van der Waals surface area contributed by atoms with Gasteiger partial charge in [-0.3, -0.25) is 4.79 Å². The maximum Gasteiger partial charge on any atom is 0.231 e. The van der Waals surface area contributed by atoms with Gasteiger partial charge in [0.2, 0.25) is 12.7 Å². The summed E-state index contributed by atoms with van der Waals surface area (Å²) in [6, 6.07) is 3.77. The Morgan fingerprint density at radius 3 is 2.79 bits per heavy atom. The molecule has 5 heteroatoms. The van der Waals surface area contributed by atoms with Crippen LogP contribution in [0.1, 0.15) is 38.7 Å². The minimum atomic E-state index is -0.104. The fourth-order valence-corrected chi connectivity index (χ4v) is 3.04. The molecule has 3 rings (SSSR count). The Labute approximate surface area is 142 Å². The molecule has 0 bridgehead atoms. The van der Waals surface area contributed by atoms with E-state index < -0.39 is 0 Å². The van der Waals surface area contributed by atoms with Gasteiger partial charge in [-0.15, -0.1) is 0 Å². The first kappa shape index (κ1) is 16.4. The summed E-state index contributed by atoms with van der Waals surface area (Å²) in [5.41, 5.74) is 2.70. The van der Waals surface area contributed by atoms with Crippen molar-refractivity contribution in [3.05, 3.63) is 41.7 Å². The summed E-state index contributed by atoms with van der Waals surface area (Å²) in [7, 11) is 0. The monoisotopic (exact) mass is 329 g/mol. The minimum Gasteiger partial charge on any atom is -0.494 e. The zero-order valence-corrected chi connectivity index (χ0v) is 14.3. The number of hydrogen-bond donors (Lipinski definition) is 1. The highest BCUT2D eigenvalue weighted by molar-refractivity contribution is 5.96. The highest BCUT2D eigenvalue weighted by Gasteiger charge is 2.32. The second-order valence-electron chi connectivity index (χ2n) is 6.47. The summed E-state index contributed by atoms with van der Waals surface area (Å²) >= 11 is 0. The van der Waals surface area contributed by atoms with E-state index in [2.05, 4.69) is 25.7 Å². The maximum absolute atomic E-state index is 12.2. The molecule has 1 amide bonds. The Morgan fingerprint density at radius 2 is 2.12 bits per heavy atom. The molecule has 5 nitrogen and oxygen atoms in total. The molecule has 1 N–H and O–H groups in total. The second kappa shape index (κ2) is 6.59. The molecule has 0 radical (unpaired) electrons. The first-order valence-corrected chi connectivity index (χ1v) is 8.21. The lowest BCUT2D eigenvalue weighted by atomic mass is 9.83. The topological polar surface area (TPSA) is 56.8 Å². The van der Waals surface area contributed by atoms with Crippen molar-refractivity contribution in [3.8, 4) is 11.5 Å². The highest BCUT2D eigenvalue weighted by Crippen LogP contribution is 2.45. The summed E-state index contributed by atoms with van der Waals surface area (Å²) in [5.74, 6) is 2.27. The SMILES string of the molecule is C=C(OCC(C)C)/C(=C\C)C1CC(=O)Nc2cc3c(cc21)OCO3. The maximum atomic E-state index is 12.2. The van der Waals surface area contributed by atoms with Gasteiger partial charge in [-0.2, -0.15) is 0 Å². The Bertz CT molecular complexity index is 706. The van der Waals surface area contributed by atoms with Crippen molar-refractivity contribution in [1.82, 2.24) is 0 Å². The lowest BCUT2D eigenvalue weighted by molar-refractivity contribution is -0.116. The lowest BCUT2D eigenvalue weighted by Crippen LogP contribution is -2.24. The molecule has 0 saturated heterocycles. The van der Waals surface area contributed by atoms with Crippen LogP contribution in [-0.2, 0) is 9.53 Å². The second-order valence-corrected chi connectivity index (χ2v) is 6.47. The highest BCUT2D eigenvalue weighted by atomic mass is 16.7. The van der Waals surface area contributed by atoms with Gasteiger partial charge in [0.1, 0.15) is 5.76 Å². The molecule has 0 aliphatic carbocycles. The van der Waals surface area contributed by atoms with Crippen molar-refractivity contribution >= 4 is 11.6 Å². The van der Waals surface area contributed by atoms with Crippen molar-refractivity contribution in [2.24, 2.45) is 5.92 Å². The number of benzene rings is 1. The van der Waals surface area contributed by atoms with E-state index in [1.807, 2.05) is 25.1 Å². The van der Waals surface area contributed by atoms with Gasteiger partial charge in [0.25, 0.3) is 0 Å². The molecular formula is C19H23NO4. The standard InChI is InChI=1S/C19H23NO4/c1-5-13(12(4)22-9-11(2)3)14-7-19(21)20-16-8-18-17(6-15(14)16)23-10-24-18/h5-6,8,11,14H,4,7,9-10H2,1-3H3,(H,20,21)/b13-5+. The summed E-state index contributed by atoms with van der Waals surface area (Å²) in [6.45, 7) is 11.0. The predicted molar refractivity (Wildman–Crippen MR) is 92.2 cm³/mol. The number of nitrogens with one attached hydrogen (secondary N) is 1. The first-order chi connectivity index (χ1) is 11.5. The quantitative estimate of drug-likeness (QED) is 0.656. The molecule has 0 fully saturated rings. The smallest absolute Gasteiger partial charge is 0.231 e. The van der Waals surface area contributed by atoms with Crippen LogP contribution in [0.25, 0.3) is 0 Å². The van der Waals surface area contributed by atoms with Gasteiger partial charge in [-0.1, -0.05) is 26.5 Å². The molecule has 24 heavy (non-hydrogen) atoms. The van der Waals surface area contributed by atoms with E-state index in [1.54, 1.807) is 0 Å². The third kappa shape index (κ3) is 3.11. The van der Waals surface area contributed by atoms with Crippen LogP contribution in [0.2, 0.25) is 0 Å². The molecule has 0 spiro atoms. The van der Waals surface area contributed by atoms with E-state index in [-0.39, 0.29) is 18.6 Å². The van der Waals surface area contributed by atoms with Gasteiger partial charge in [-0.25, -0.2) is 0 Å². The van der Waals surface area contributed by atoms with Crippen LogP contribution in [0.4, 0.5) is 5.69 Å². The number of ether oxygens (including phenoxy) is 3. The van der Waals surface area contributed by atoms with E-state index >= 15 is 0 Å². The Balaban J connectivity index is 1.93. The van der Waals surface area contributed by atoms with E-state index in [1.165, 1.54) is 0 Å². The summed E-state index contributed by atoms with van der Waals surface area (Å²) in [6.07, 6.45) is 2.33. The zero-order valence-electron chi connectivity index (χ0n) is 14.3. The van der Waals surface area contributed by atoms with Gasteiger partial charge >= 0.3 is 0 Å². The number of fused-ring (bicyclic) bond motifs is 2. The molecule has 0 aromatic heterocycles. The molecule has 2 aliphatic rings. The lowest BCUT2D eigenvalue weighted by Gasteiger charge is -2.29. The first-order valence-electron chi connectivity index (χ1n) is 8.21. The van der Waals surface area contributed by atoms with Gasteiger partial charge in [-0.05, 0) is 30.0 Å². The van der Waals surface area contributed by atoms with Crippen LogP contribution < -0.4 is 14.8 Å². The van der Waals surface area contributed by atoms with Crippen molar-refractivity contribution in [3.63, 3.8) is 0 Å². The van der Waals surface area contributed by atoms with Crippen molar-refractivity contribution in [1.29, 1.82) is 0 Å². The summed E-state index contributed by atoms with van der Waals surface area (Å²) < 4.78 is 16.7. The number of rotatable bonds is 5. The fourth-order valence-electron chi connectivity index (χ4n) is 3.04. The van der Waals surface area contributed by atoms with Gasteiger partial charge in [0, 0.05) is 24.1 Å². The van der Waals surface area contributed by atoms with E-state index in [4.69, 9.17) is 14.2 Å². The molecule has 1 atom stereocenters. The van der Waals surface area contributed by atoms with Crippen LogP contribution >= 0.6 is 0 Å². The van der Waals surface area contributed by atoms with Crippen LogP contribution in [-0.4, -0.2) is 19.3 Å². The summed E-state index contributed by atoms with van der Waals surface area (Å²) in [5, 5.41) is 2.92. The molecule has 1 aromatic rings. The van der Waals surface area contributed by atoms with E-state index in [0.717, 1.165) is 16.8 Å². The molecule has 2 aliphatic heterocycles. The van der Waals surface area contributed by atoms with Crippen LogP contribution in [0.15, 0.2) is 36.1 Å². The average Bonchev–Trinajstić information content (AvgIpc) is 2.98. The van der Waals surface area contributed by atoms with Crippen molar-refractivity contribution in [2.45, 2.75) is 33.1 Å². The number of hydrogen-bond acceptors (Lipinski definition) is 4. The summed E-state index contributed by atoms with van der Waals surface area (Å²) in [4.78, 5) is 12.2. The number of amides is 1. The van der Waals surface area contributed by atoms with E-state index in [0.29, 0.717) is 36.2 Å². The fraction of sp³-hybridized carbons (Fsp3) is 0.421. The molecule has 1 unspecified atom stereocenters. The zero-order chi connectivity index (χ0) is 17.3. The normalized spacial score (nSPS) is 19.1. The largest absolute Gasteiger partial charge is 0.494 e. The van der Waals surface area contributed by atoms with Gasteiger partial charge < -0.3 is 19.5 Å². The van der Waals surface area contributed by atoms with Crippen LogP contribution in [0.3, 0.4) is 0 Å². The van der Waals surface area contributed by atoms with Gasteiger partial charge in [0.15, 0.2) is 11.5 Å². The molecule has 2 heterocycles. The molecule has 128 valence electrons. The average molecular weight is 329 g/mol. The number of allylic oxidation sites excluding steroid dienone is 2. The van der Waals surface area contributed by atoms with E-state index in [9.17, 15) is 4.79 Å². The van der Waals surface area contributed by atoms with Crippen molar-refractivity contribution < 1.29 is 19.0 Å². The third-order valence-electron chi connectivity index (χ3n) is 4.18. The van der Waals surface area contributed by atoms with Gasteiger partial charge in [0.05, 0.1) is 6.61 Å². The predicted octanol–water partition coefficient (Wildman–Crippen LogP) is 3.97. The van der Waals surface area contributed by atoms with Crippen LogP contribution in [0, 0.1) is 5.92 Å². The Kier molecular flexibility index (Phi) is 4.51. The minimum absolute atomic E-state index is 0.0256. The number of carbonyl (C=O) groups excluding carboxylic acids is 1. The Morgan fingerprint density at radius 1 is 1.42 bits per heavy atom. The Hall–Kier alpha value is -2.43. The van der Waals surface area contributed by atoms with Crippen LogP contribution in [0.5, 0.6) is 11.5 Å².